The summed E-state index contributed by atoms with van der Waals surface area (Å²) in [7, 11) is 0. The Morgan fingerprint density at radius 1 is 1.14 bits per heavy atom. The van der Waals surface area contributed by atoms with E-state index in [4.69, 9.17) is 14.7 Å². The molecule has 2 aliphatic heterocycles. The third kappa shape index (κ3) is 3.44. The molecule has 1 aromatic carbocycles. The molecule has 0 atom stereocenters. The zero-order chi connectivity index (χ0) is 23.6. The van der Waals surface area contributed by atoms with E-state index in [0.717, 1.165) is 38.0 Å². The first kappa shape index (κ1) is 20.7. The predicted molar refractivity (Wildman–Crippen MR) is 129 cm³/mol. The summed E-state index contributed by atoms with van der Waals surface area (Å²) in [5.74, 6) is 0.941. The van der Waals surface area contributed by atoms with E-state index in [2.05, 4.69) is 27.8 Å². The van der Waals surface area contributed by atoms with Crippen LogP contribution in [0.4, 0.5) is 11.6 Å². The fourth-order valence-electron chi connectivity index (χ4n) is 4.86. The Labute approximate surface area is 200 Å². The monoisotopic (exact) mass is 471 g/mol. The lowest BCUT2D eigenvalue weighted by atomic mass is 9.97. The van der Waals surface area contributed by atoms with Gasteiger partial charge in [0.05, 0.1) is 24.9 Å². The number of hydrogen-bond donors (Lipinski definition) is 3. The minimum absolute atomic E-state index is 0.0989. The standard InChI is InChI=1S/C25H25N7O3/c33-23-19-12-27-24(28-17-5-4-15-8-9-26-11-16(15)10-17)30-22(19)32(31(23)18-6-7-18)21-3-1-2-20(29-21)25(34)13-35-14-25/h1-5,10,12,18,26,34H,6-9,11,13-14H2,(H,27,28,30). The van der Waals surface area contributed by atoms with E-state index in [9.17, 15) is 9.90 Å². The van der Waals surface area contributed by atoms with Crippen molar-refractivity contribution >= 4 is 22.7 Å². The lowest BCUT2D eigenvalue weighted by Crippen LogP contribution is -2.47. The number of hydrogen-bond acceptors (Lipinski definition) is 8. The van der Waals surface area contributed by atoms with Crippen LogP contribution in [0.15, 0.2) is 47.4 Å². The van der Waals surface area contributed by atoms with E-state index in [1.54, 1.807) is 21.6 Å². The van der Waals surface area contributed by atoms with Crippen molar-refractivity contribution in [3.05, 3.63) is 69.8 Å². The maximum Gasteiger partial charge on any atom is 0.278 e. The normalized spacial score (nSPS) is 18.8. The Bertz CT molecular complexity index is 1520. The highest BCUT2D eigenvalue weighted by atomic mass is 16.5. The number of aliphatic hydroxyl groups is 1. The summed E-state index contributed by atoms with van der Waals surface area (Å²) in [6.07, 6.45) is 4.45. The van der Waals surface area contributed by atoms with Crippen molar-refractivity contribution in [1.82, 2.24) is 29.6 Å². The molecule has 3 aromatic heterocycles. The Hall–Kier alpha value is -3.60. The lowest BCUT2D eigenvalue weighted by molar-refractivity contribution is -0.186. The number of benzene rings is 1. The molecular formula is C25H25N7O3. The number of ether oxygens (including phenoxy) is 1. The maximum absolute atomic E-state index is 13.3. The van der Waals surface area contributed by atoms with Crippen molar-refractivity contribution in [1.29, 1.82) is 0 Å². The maximum atomic E-state index is 13.3. The minimum Gasteiger partial charge on any atom is -0.379 e. The van der Waals surface area contributed by atoms with Gasteiger partial charge in [-0.15, -0.1) is 0 Å². The van der Waals surface area contributed by atoms with Gasteiger partial charge in [-0.1, -0.05) is 12.1 Å². The summed E-state index contributed by atoms with van der Waals surface area (Å²) in [6.45, 7) is 2.25. The van der Waals surface area contributed by atoms with Gasteiger partial charge in [-0.3, -0.25) is 4.79 Å². The molecule has 2 fully saturated rings. The van der Waals surface area contributed by atoms with Crippen molar-refractivity contribution in [3.8, 4) is 5.82 Å². The van der Waals surface area contributed by atoms with Crippen LogP contribution in [0.3, 0.4) is 0 Å². The van der Waals surface area contributed by atoms with Gasteiger partial charge in [-0.2, -0.15) is 4.98 Å². The predicted octanol–water partition coefficient (Wildman–Crippen LogP) is 1.92. The van der Waals surface area contributed by atoms with Crippen LogP contribution >= 0.6 is 0 Å². The molecule has 0 spiro atoms. The quantitative estimate of drug-likeness (QED) is 0.404. The van der Waals surface area contributed by atoms with Crippen LogP contribution in [0.1, 0.15) is 35.7 Å². The van der Waals surface area contributed by atoms with Crippen LogP contribution in [-0.4, -0.2) is 49.2 Å². The number of anilines is 2. The van der Waals surface area contributed by atoms with Crippen LogP contribution in [0.2, 0.25) is 0 Å². The molecule has 4 aromatic rings. The first-order chi connectivity index (χ1) is 17.1. The van der Waals surface area contributed by atoms with Gasteiger partial charge in [0.25, 0.3) is 5.56 Å². The Morgan fingerprint density at radius 2 is 2.03 bits per heavy atom. The zero-order valence-corrected chi connectivity index (χ0v) is 19.1. The molecule has 7 rings (SSSR count). The second kappa shape index (κ2) is 7.70. The Morgan fingerprint density at radius 3 is 2.83 bits per heavy atom. The number of aromatic nitrogens is 5. The van der Waals surface area contributed by atoms with E-state index < -0.39 is 5.60 Å². The molecule has 0 amide bonds. The average Bonchev–Trinajstić information content (AvgIpc) is 3.66. The molecule has 1 saturated heterocycles. The third-order valence-electron chi connectivity index (χ3n) is 6.97. The first-order valence-electron chi connectivity index (χ1n) is 12.0. The molecule has 1 saturated carbocycles. The average molecular weight is 472 g/mol. The second-order valence-corrected chi connectivity index (χ2v) is 9.56. The zero-order valence-electron chi connectivity index (χ0n) is 19.1. The van der Waals surface area contributed by atoms with E-state index in [0.29, 0.717) is 28.5 Å². The summed E-state index contributed by atoms with van der Waals surface area (Å²) in [5, 5.41) is 17.9. The van der Waals surface area contributed by atoms with Crippen LogP contribution < -0.4 is 16.2 Å². The summed E-state index contributed by atoms with van der Waals surface area (Å²) in [6, 6.07) is 11.8. The van der Waals surface area contributed by atoms with Gasteiger partial charge >= 0.3 is 0 Å². The second-order valence-electron chi connectivity index (χ2n) is 9.56. The number of fused-ring (bicyclic) bond motifs is 2. The highest BCUT2D eigenvalue weighted by molar-refractivity contribution is 5.77. The van der Waals surface area contributed by atoms with E-state index >= 15 is 0 Å². The van der Waals surface area contributed by atoms with Crippen molar-refractivity contribution in [2.45, 2.75) is 37.5 Å². The van der Waals surface area contributed by atoms with E-state index in [1.807, 2.05) is 18.2 Å². The van der Waals surface area contributed by atoms with Crippen molar-refractivity contribution in [2.24, 2.45) is 0 Å². The highest BCUT2D eigenvalue weighted by Gasteiger charge is 2.40. The molecule has 1 aliphatic carbocycles. The first-order valence-corrected chi connectivity index (χ1v) is 12.0. The van der Waals surface area contributed by atoms with Gasteiger partial charge < -0.3 is 20.5 Å². The van der Waals surface area contributed by atoms with Crippen molar-refractivity contribution < 1.29 is 9.84 Å². The fourth-order valence-corrected chi connectivity index (χ4v) is 4.86. The minimum atomic E-state index is -1.10. The summed E-state index contributed by atoms with van der Waals surface area (Å²) < 4.78 is 8.70. The molecule has 0 bridgehead atoms. The lowest BCUT2D eigenvalue weighted by Gasteiger charge is -2.35. The topological polar surface area (TPSA) is 119 Å². The van der Waals surface area contributed by atoms with Crippen LogP contribution in [0, 0.1) is 0 Å². The molecule has 3 aliphatic rings. The molecule has 10 nitrogen and oxygen atoms in total. The number of nitrogens with one attached hydrogen (secondary N) is 2. The van der Waals surface area contributed by atoms with Crippen LogP contribution in [0.25, 0.3) is 16.9 Å². The molecule has 3 N–H and O–H groups in total. The van der Waals surface area contributed by atoms with Crippen molar-refractivity contribution in [2.75, 3.05) is 25.1 Å². The molecular weight excluding hydrogens is 446 g/mol. The summed E-state index contributed by atoms with van der Waals surface area (Å²) in [4.78, 5) is 27.2. The highest BCUT2D eigenvalue weighted by Crippen LogP contribution is 2.36. The SMILES string of the molecule is O=c1c2cnc(Nc3ccc4c(c3)CNCC4)nc2n(-c2cccc(C3(O)COC3)n2)n1C1CC1. The van der Waals surface area contributed by atoms with Gasteiger partial charge in [-0.05, 0) is 61.2 Å². The molecule has 5 heterocycles. The van der Waals surface area contributed by atoms with Crippen LogP contribution in [-0.2, 0) is 23.3 Å². The Kier molecular flexibility index (Phi) is 4.57. The Balaban J connectivity index is 1.33. The molecule has 178 valence electrons. The van der Waals surface area contributed by atoms with Gasteiger partial charge in [0.2, 0.25) is 5.95 Å². The van der Waals surface area contributed by atoms with Crippen LogP contribution in [0.5, 0.6) is 0 Å². The summed E-state index contributed by atoms with van der Waals surface area (Å²) >= 11 is 0. The van der Waals surface area contributed by atoms with Gasteiger partial charge in [-0.25, -0.2) is 19.3 Å². The molecule has 35 heavy (non-hydrogen) atoms. The number of nitrogens with zero attached hydrogens (tertiary/aromatic N) is 5. The summed E-state index contributed by atoms with van der Waals surface area (Å²) in [5.41, 5.74) is 3.28. The molecule has 0 radical (unpaired) electrons. The smallest absolute Gasteiger partial charge is 0.278 e. The van der Waals surface area contributed by atoms with E-state index in [1.165, 1.54) is 11.1 Å². The molecule has 0 unspecified atom stereocenters. The van der Waals surface area contributed by atoms with E-state index in [-0.39, 0.29) is 24.8 Å². The van der Waals surface area contributed by atoms with Gasteiger partial charge in [0.1, 0.15) is 5.39 Å². The number of rotatable bonds is 5. The molecule has 10 heteroatoms. The third-order valence-corrected chi connectivity index (χ3v) is 6.97. The van der Waals surface area contributed by atoms with Crippen molar-refractivity contribution in [3.63, 3.8) is 0 Å². The van der Waals surface area contributed by atoms with Gasteiger partial charge in [0.15, 0.2) is 17.1 Å². The largest absolute Gasteiger partial charge is 0.379 e. The number of pyridine rings is 1. The fraction of sp³-hybridized carbons (Fsp3) is 0.360. The van der Waals surface area contributed by atoms with Gasteiger partial charge in [0, 0.05) is 18.4 Å².